The molecule has 0 bridgehead atoms. The summed E-state index contributed by atoms with van der Waals surface area (Å²) in [7, 11) is 0. The molecule has 0 aliphatic heterocycles. The quantitative estimate of drug-likeness (QED) is 0.865. The number of ether oxygens (including phenoxy) is 1. The van der Waals surface area contributed by atoms with Crippen LogP contribution < -0.4 is 0 Å². The van der Waals surface area contributed by atoms with Gasteiger partial charge in [-0.25, -0.2) is 4.79 Å². The summed E-state index contributed by atoms with van der Waals surface area (Å²) < 4.78 is 4.96. The van der Waals surface area contributed by atoms with E-state index in [1.165, 1.54) is 0 Å². The number of nitrogens with one attached hydrogen (secondary N) is 1. The molecule has 2 aromatic rings. The van der Waals surface area contributed by atoms with Gasteiger partial charge in [0.25, 0.3) is 0 Å². The molecule has 92 valence electrons. The highest BCUT2D eigenvalue weighted by molar-refractivity contribution is 6.36. The van der Waals surface area contributed by atoms with Crippen LogP contribution in [0.4, 0.5) is 0 Å². The van der Waals surface area contributed by atoms with Crippen molar-refractivity contribution in [2.75, 3.05) is 6.61 Å². The monoisotopic (exact) mass is 262 g/mol. The number of H-pyrrole nitrogens is 1. The van der Waals surface area contributed by atoms with Crippen molar-refractivity contribution < 1.29 is 9.53 Å². The number of aromatic amines is 1. The summed E-state index contributed by atoms with van der Waals surface area (Å²) in [5, 5.41) is 10.1. The van der Waals surface area contributed by atoms with Gasteiger partial charge < -0.3 is 9.72 Å². The second-order valence-corrected chi connectivity index (χ2v) is 4.10. The molecule has 0 fully saturated rings. The third kappa shape index (κ3) is 2.05. The summed E-state index contributed by atoms with van der Waals surface area (Å²) >= 11 is 6.11. The number of carbonyl (C=O) groups is 1. The van der Waals surface area contributed by atoms with E-state index >= 15 is 0 Å². The number of hydrogen-bond donors (Lipinski definition) is 1. The lowest BCUT2D eigenvalue weighted by Gasteiger charge is -2.01. The van der Waals surface area contributed by atoms with Gasteiger partial charge in [0.2, 0.25) is 0 Å². The van der Waals surface area contributed by atoms with Crippen LogP contribution in [0, 0.1) is 11.3 Å². The number of halogens is 1. The number of fused-ring (bicyclic) bond motifs is 1. The van der Waals surface area contributed by atoms with Gasteiger partial charge in [-0.1, -0.05) is 17.7 Å². The summed E-state index contributed by atoms with van der Waals surface area (Å²) in [6, 6.07) is 7.36. The summed E-state index contributed by atoms with van der Waals surface area (Å²) in [5.74, 6) is -0.463. The summed E-state index contributed by atoms with van der Waals surface area (Å²) in [5.41, 5.74) is 1.63. The zero-order valence-electron chi connectivity index (χ0n) is 9.79. The number of esters is 1. The fourth-order valence-electron chi connectivity index (χ4n) is 1.90. The first kappa shape index (κ1) is 12.5. The Labute approximate surface area is 109 Å². The number of aromatic nitrogens is 1. The fraction of sp³-hybridized carbons (Fsp3) is 0.231. The lowest BCUT2D eigenvalue weighted by Crippen LogP contribution is -2.07. The molecule has 0 amide bonds. The summed E-state index contributed by atoms with van der Waals surface area (Å²) in [6.45, 7) is 2.02. The van der Waals surface area contributed by atoms with E-state index in [1.807, 2.05) is 12.1 Å². The van der Waals surface area contributed by atoms with E-state index in [9.17, 15) is 4.79 Å². The normalized spacial score (nSPS) is 10.3. The predicted molar refractivity (Wildman–Crippen MR) is 68.6 cm³/mol. The van der Waals surface area contributed by atoms with Crippen LogP contribution in [0.1, 0.15) is 23.0 Å². The number of nitriles is 1. The first-order valence-corrected chi connectivity index (χ1v) is 5.90. The minimum absolute atomic E-state index is 0.109. The molecular weight excluding hydrogens is 252 g/mol. The molecular formula is C13H11ClN2O2. The van der Waals surface area contributed by atoms with Gasteiger partial charge in [0.15, 0.2) is 0 Å². The van der Waals surface area contributed by atoms with Gasteiger partial charge in [0, 0.05) is 16.5 Å². The SMILES string of the molecule is CCOC(=O)c1[nH]c2cccc(Cl)c2c1CC#N. The van der Waals surface area contributed by atoms with Crippen LogP contribution in [0.5, 0.6) is 0 Å². The number of nitrogens with zero attached hydrogens (tertiary/aromatic N) is 1. The van der Waals surface area contributed by atoms with Gasteiger partial charge in [-0.3, -0.25) is 0 Å². The van der Waals surface area contributed by atoms with Crippen molar-refractivity contribution in [1.29, 1.82) is 5.26 Å². The van der Waals surface area contributed by atoms with Crippen LogP contribution in [0.25, 0.3) is 10.9 Å². The largest absolute Gasteiger partial charge is 0.461 e. The molecule has 0 saturated heterocycles. The Morgan fingerprint density at radius 3 is 3.00 bits per heavy atom. The molecule has 5 heteroatoms. The standard InChI is InChI=1S/C13H11ClN2O2/c1-2-18-13(17)12-8(6-7-15)11-9(14)4-3-5-10(11)16-12/h3-5,16H,2,6H2,1H3. The maximum Gasteiger partial charge on any atom is 0.355 e. The van der Waals surface area contributed by atoms with E-state index in [4.69, 9.17) is 21.6 Å². The van der Waals surface area contributed by atoms with E-state index in [0.717, 1.165) is 5.52 Å². The Hall–Kier alpha value is -1.99. The average Bonchev–Trinajstić information content (AvgIpc) is 2.70. The maximum absolute atomic E-state index is 11.8. The molecule has 1 aromatic heterocycles. The maximum atomic E-state index is 11.8. The van der Waals surface area contributed by atoms with E-state index < -0.39 is 5.97 Å². The zero-order valence-corrected chi connectivity index (χ0v) is 10.5. The Bertz CT molecular complexity index is 640. The fourth-order valence-corrected chi connectivity index (χ4v) is 2.19. The second-order valence-electron chi connectivity index (χ2n) is 3.70. The number of hydrogen-bond acceptors (Lipinski definition) is 3. The molecule has 0 radical (unpaired) electrons. The minimum atomic E-state index is -0.463. The highest BCUT2D eigenvalue weighted by Crippen LogP contribution is 2.30. The van der Waals surface area contributed by atoms with E-state index in [1.54, 1.807) is 19.1 Å². The Morgan fingerprint density at radius 2 is 2.33 bits per heavy atom. The zero-order chi connectivity index (χ0) is 13.1. The van der Waals surface area contributed by atoms with Crippen molar-refractivity contribution in [1.82, 2.24) is 4.98 Å². The molecule has 0 aliphatic rings. The van der Waals surface area contributed by atoms with Gasteiger partial charge in [0.05, 0.1) is 24.1 Å². The molecule has 4 nitrogen and oxygen atoms in total. The Balaban J connectivity index is 2.66. The first-order chi connectivity index (χ1) is 8.69. The van der Waals surface area contributed by atoms with E-state index in [2.05, 4.69) is 4.98 Å². The van der Waals surface area contributed by atoms with Crippen LogP contribution in [0.3, 0.4) is 0 Å². The molecule has 1 N–H and O–H groups in total. The third-order valence-electron chi connectivity index (χ3n) is 2.61. The van der Waals surface area contributed by atoms with Crippen molar-refractivity contribution in [3.05, 3.63) is 34.5 Å². The minimum Gasteiger partial charge on any atom is -0.461 e. The van der Waals surface area contributed by atoms with Gasteiger partial charge in [-0.05, 0) is 19.1 Å². The molecule has 1 heterocycles. The van der Waals surface area contributed by atoms with Crippen molar-refractivity contribution in [3.63, 3.8) is 0 Å². The van der Waals surface area contributed by atoms with Gasteiger partial charge >= 0.3 is 5.97 Å². The third-order valence-corrected chi connectivity index (χ3v) is 2.93. The molecule has 2 rings (SSSR count). The smallest absolute Gasteiger partial charge is 0.355 e. The predicted octanol–water partition coefficient (Wildman–Crippen LogP) is 3.06. The lowest BCUT2D eigenvalue weighted by atomic mass is 10.1. The van der Waals surface area contributed by atoms with E-state index in [0.29, 0.717) is 21.7 Å². The van der Waals surface area contributed by atoms with Crippen molar-refractivity contribution >= 4 is 28.5 Å². The van der Waals surface area contributed by atoms with Crippen LogP contribution in [-0.4, -0.2) is 17.6 Å². The molecule has 18 heavy (non-hydrogen) atoms. The number of rotatable bonds is 3. The van der Waals surface area contributed by atoms with Crippen molar-refractivity contribution in [2.24, 2.45) is 0 Å². The number of carbonyl (C=O) groups excluding carboxylic acids is 1. The molecule has 0 unspecified atom stereocenters. The van der Waals surface area contributed by atoms with Gasteiger partial charge in [0.1, 0.15) is 5.69 Å². The van der Waals surface area contributed by atoms with E-state index in [-0.39, 0.29) is 13.0 Å². The molecule has 0 atom stereocenters. The van der Waals surface area contributed by atoms with Crippen molar-refractivity contribution in [3.8, 4) is 6.07 Å². The van der Waals surface area contributed by atoms with Crippen LogP contribution >= 0.6 is 11.6 Å². The highest BCUT2D eigenvalue weighted by atomic mass is 35.5. The lowest BCUT2D eigenvalue weighted by molar-refractivity contribution is 0.0519. The molecule has 0 aliphatic carbocycles. The van der Waals surface area contributed by atoms with Gasteiger partial charge in [-0.15, -0.1) is 0 Å². The van der Waals surface area contributed by atoms with Gasteiger partial charge in [-0.2, -0.15) is 5.26 Å². The van der Waals surface area contributed by atoms with Crippen molar-refractivity contribution in [2.45, 2.75) is 13.3 Å². The Kier molecular flexibility index (Phi) is 3.54. The molecule has 0 spiro atoms. The first-order valence-electron chi connectivity index (χ1n) is 5.52. The molecule has 0 saturated carbocycles. The second kappa shape index (κ2) is 5.11. The average molecular weight is 263 g/mol. The summed E-state index contributed by atoms with van der Waals surface area (Å²) in [6.07, 6.45) is 0.109. The van der Waals surface area contributed by atoms with Crippen LogP contribution in [-0.2, 0) is 11.2 Å². The molecule has 1 aromatic carbocycles. The van der Waals surface area contributed by atoms with Crippen LogP contribution in [0.15, 0.2) is 18.2 Å². The summed E-state index contributed by atoms with van der Waals surface area (Å²) in [4.78, 5) is 14.8. The number of benzene rings is 1. The Morgan fingerprint density at radius 1 is 1.56 bits per heavy atom. The van der Waals surface area contributed by atoms with Crippen LogP contribution in [0.2, 0.25) is 5.02 Å². The topological polar surface area (TPSA) is 65.9 Å². The highest BCUT2D eigenvalue weighted by Gasteiger charge is 2.19.